The molecule has 0 aliphatic heterocycles. The van der Waals surface area contributed by atoms with Gasteiger partial charge in [-0.25, -0.2) is 16.8 Å². The first kappa shape index (κ1) is 18.0. The van der Waals surface area contributed by atoms with E-state index in [4.69, 9.17) is 11.6 Å². The number of sulfonamides is 2. The van der Waals surface area contributed by atoms with Crippen LogP contribution >= 0.6 is 11.6 Å². The van der Waals surface area contributed by atoms with E-state index in [1.807, 2.05) is 10.9 Å². The normalized spacial score (nSPS) is 12.1. The van der Waals surface area contributed by atoms with Crippen molar-refractivity contribution in [1.29, 1.82) is 0 Å². The fraction of sp³-hybridized carbons (Fsp3) is 0.333. The van der Waals surface area contributed by atoms with Crippen LogP contribution in [0.2, 0.25) is 0 Å². The van der Waals surface area contributed by atoms with Crippen molar-refractivity contribution in [3.05, 3.63) is 42.0 Å². The number of nitrogens with zero attached hydrogens (tertiary/aromatic N) is 1. The maximum absolute atomic E-state index is 12.0. The predicted octanol–water partition coefficient (Wildman–Crippen LogP) is 1.52. The van der Waals surface area contributed by atoms with Crippen LogP contribution in [0.25, 0.3) is 0 Å². The highest BCUT2D eigenvalue weighted by molar-refractivity contribution is 7.95. The highest BCUT2D eigenvalue weighted by Crippen LogP contribution is 2.24. The zero-order chi connectivity index (χ0) is 16.3. The van der Waals surface area contributed by atoms with Gasteiger partial charge >= 0.3 is 0 Å². The lowest BCUT2D eigenvalue weighted by Gasteiger charge is -2.24. The molecule has 0 saturated heterocycles. The summed E-state index contributed by atoms with van der Waals surface area (Å²) in [6, 6.07) is 5.10. The number of alkyl halides is 1. The molecule has 1 aromatic carbocycles. The summed E-state index contributed by atoms with van der Waals surface area (Å²) in [5.41, 5.74) is 1.60. The van der Waals surface area contributed by atoms with E-state index in [1.54, 1.807) is 25.1 Å². The summed E-state index contributed by atoms with van der Waals surface area (Å²) >= 11 is 5.44. The number of rotatable bonds is 7. The third-order valence-corrected chi connectivity index (χ3v) is 5.11. The number of anilines is 1. The minimum Gasteiger partial charge on any atom is -0.211 e. The minimum absolute atomic E-state index is 0.209. The van der Waals surface area contributed by atoms with E-state index in [0.717, 1.165) is 11.8 Å². The van der Waals surface area contributed by atoms with Crippen molar-refractivity contribution >= 4 is 37.3 Å². The van der Waals surface area contributed by atoms with Gasteiger partial charge < -0.3 is 0 Å². The molecule has 118 valence electrons. The quantitative estimate of drug-likeness (QED) is 0.458. The Morgan fingerprint density at radius 1 is 1.33 bits per heavy atom. The van der Waals surface area contributed by atoms with E-state index < -0.39 is 25.3 Å². The van der Waals surface area contributed by atoms with Crippen molar-refractivity contribution in [2.24, 2.45) is 0 Å². The summed E-state index contributed by atoms with van der Waals surface area (Å²) in [4.78, 5) is 1.98. The monoisotopic (exact) mass is 352 g/mol. The van der Waals surface area contributed by atoms with Crippen LogP contribution in [0, 0.1) is 6.92 Å². The van der Waals surface area contributed by atoms with Crippen LogP contribution in [0.4, 0.5) is 5.69 Å². The molecule has 0 atom stereocenters. The van der Waals surface area contributed by atoms with Crippen LogP contribution in [0.1, 0.15) is 11.1 Å². The number of halogens is 1. The van der Waals surface area contributed by atoms with Crippen molar-refractivity contribution in [2.75, 3.05) is 15.9 Å². The lowest BCUT2D eigenvalue weighted by atomic mass is 10.1. The van der Waals surface area contributed by atoms with Crippen molar-refractivity contribution in [3.8, 4) is 0 Å². The second-order valence-electron chi connectivity index (χ2n) is 4.46. The molecule has 0 fully saturated rings. The molecule has 6 nitrogen and oxygen atoms in total. The van der Waals surface area contributed by atoms with E-state index in [1.165, 1.54) is 0 Å². The molecule has 0 saturated carbocycles. The van der Waals surface area contributed by atoms with Crippen LogP contribution in [0.15, 0.2) is 30.9 Å². The third kappa shape index (κ3) is 4.99. The van der Waals surface area contributed by atoms with Gasteiger partial charge in [-0.2, -0.15) is 4.41 Å². The van der Waals surface area contributed by atoms with Crippen molar-refractivity contribution in [2.45, 2.75) is 13.3 Å². The Bertz CT molecular complexity index is 730. The molecule has 0 unspecified atom stereocenters. The standard InChI is InChI=1S/C12H17ClN2O4S2/c1-4-5-11-7-6-10(2)12(8-11)15(14-20(3,16)17)21(18,19)9-13/h4,6-8,14H,1,5,9H2,2-3H3. The maximum Gasteiger partial charge on any atom is 0.263 e. The summed E-state index contributed by atoms with van der Waals surface area (Å²) in [7, 11) is -7.81. The van der Waals surface area contributed by atoms with Crippen molar-refractivity contribution in [3.63, 3.8) is 0 Å². The molecule has 0 bridgehead atoms. The van der Waals surface area contributed by atoms with E-state index in [-0.39, 0.29) is 5.69 Å². The molecule has 9 heteroatoms. The van der Waals surface area contributed by atoms with Gasteiger partial charge in [-0.15, -0.1) is 23.0 Å². The van der Waals surface area contributed by atoms with Gasteiger partial charge in [0.2, 0.25) is 10.0 Å². The van der Waals surface area contributed by atoms with Crippen molar-refractivity contribution in [1.82, 2.24) is 4.83 Å². The molecule has 1 rings (SSSR count). The molecule has 0 spiro atoms. The molecule has 0 amide bonds. The maximum atomic E-state index is 12.0. The van der Waals surface area contributed by atoms with Crippen LogP contribution in [0.5, 0.6) is 0 Å². The van der Waals surface area contributed by atoms with Gasteiger partial charge in [-0.05, 0) is 30.5 Å². The largest absolute Gasteiger partial charge is 0.263 e. The third-order valence-electron chi connectivity index (χ3n) is 2.54. The summed E-state index contributed by atoms with van der Waals surface area (Å²) in [5.74, 6) is 0. The summed E-state index contributed by atoms with van der Waals surface area (Å²) in [6.07, 6.45) is 3.06. The Morgan fingerprint density at radius 3 is 2.43 bits per heavy atom. The van der Waals surface area contributed by atoms with Gasteiger partial charge in [0.05, 0.1) is 11.9 Å². The molecule has 1 N–H and O–H groups in total. The Balaban J connectivity index is 3.45. The Labute approximate surface area is 130 Å². The SMILES string of the molecule is C=CCc1ccc(C)c(N(NS(C)(=O)=O)S(=O)(=O)CCl)c1. The molecular weight excluding hydrogens is 336 g/mol. The van der Waals surface area contributed by atoms with E-state index in [0.29, 0.717) is 16.4 Å². The van der Waals surface area contributed by atoms with Crippen LogP contribution in [0.3, 0.4) is 0 Å². The van der Waals surface area contributed by atoms with Gasteiger partial charge in [-0.3, -0.25) is 0 Å². The van der Waals surface area contributed by atoms with Gasteiger partial charge in [0.15, 0.2) is 0 Å². The highest BCUT2D eigenvalue weighted by atomic mass is 35.5. The Kier molecular flexibility index (Phi) is 5.80. The first-order valence-corrected chi connectivity index (χ1v) is 9.91. The molecule has 21 heavy (non-hydrogen) atoms. The number of hydrogen-bond donors (Lipinski definition) is 1. The summed E-state index contributed by atoms with van der Waals surface area (Å²) < 4.78 is 47.5. The number of aryl methyl sites for hydroxylation is 1. The summed E-state index contributed by atoms with van der Waals surface area (Å²) in [5, 5.41) is -0.749. The first-order chi connectivity index (χ1) is 9.60. The molecule has 1 aromatic rings. The number of hydrogen-bond acceptors (Lipinski definition) is 4. The second-order valence-corrected chi connectivity index (χ2v) is 8.59. The zero-order valence-electron chi connectivity index (χ0n) is 11.7. The number of nitrogens with one attached hydrogen (secondary N) is 1. The number of benzene rings is 1. The van der Waals surface area contributed by atoms with E-state index in [9.17, 15) is 16.8 Å². The van der Waals surface area contributed by atoms with Gasteiger partial charge in [0, 0.05) is 0 Å². The van der Waals surface area contributed by atoms with Crippen LogP contribution in [-0.2, 0) is 26.5 Å². The van der Waals surface area contributed by atoms with Gasteiger partial charge in [-0.1, -0.05) is 18.2 Å². The van der Waals surface area contributed by atoms with Gasteiger partial charge in [0.1, 0.15) is 5.21 Å². The lowest BCUT2D eigenvalue weighted by molar-refractivity contribution is 0.575. The minimum atomic E-state index is -4.02. The molecule has 0 aliphatic rings. The number of hydrazine groups is 1. The van der Waals surface area contributed by atoms with Crippen LogP contribution in [-0.4, -0.2) is 28.3 Å². The van der Waals surface area contributed by atoms with E-state index >= 15 is 0 Å². The topological polar surface area (TPSA) is 83.6 Å². The molecule has 0 aliphatic carbocycles. The van der Waals surface area contributed by atoms with Crippen LogP contribution < -0.4 is 9.25 Å². The lowest BCUT2D eigenvalue weighted by Crippen LogP contribution is -2.46. The van der Waals surface area contributed by atoms with E-state index in [2.05, 4.69) is 6.58 Å². The van der Waals surface area contributed by atoms with Crippen molar-refractivity contribution < 1.29 is 16.8 Å². The Hall–Kier alpha value is -1.09. The molecular formula is C12H17ClN2O4S2. The molecule has 0 heterocycles. The summed E-state index contributed by atoms with van der Waals surface area (Å²) in [6.45, 7) is 5.29. The smallest absolute Gasteiger partial charge is 0.211 e. The molecule has 0 radical (unpaired) electrons. The fourth-order valence-electron chi connectivity index (χ4n) is 1.62. The zero-order valence-corrected chi connectivity index (χ0v) is 14.1. The fourth-order valence-corrected chi connectivity index (χ4v) is 3.77. The Morgan fingerprint density at radius 2 is 1.95 bits per heavy atom. The predicted molar refractivity (Wildman–Crippen MR) is 85.2 cm³/mol. The second kappa shape index (κ2) is 6.78. The first-order valence-electron chi connectivity index (χ1n) is 5.87. The molecule has 0 aromatic heterocycles. The van der Waals surface area contributed by atoms with Gasteiger partial charge in [0.25, 0.3) is 10.0 Å². The highest BCUT2D eigenvalue weighted by Gasteiger charge is 2.26. The average Bonchev–Trinajstić information content (AvgIpc) is 2.38. The average molecular weight is 353 g/mol. The number of allylic oxidation sites excluding steroid dienone is 1.